The van der Waals surface area contributed by atoms with Crippen molar-refractivity contribution < 1.29 is 9.90 Å². The second-order valence-corrected chi connectivity index (χ2v) is 5.14. The number of hydrogen-bond acceptors (Lipinski definition) is 3. The van der Waals surface area contributed by atoms with Gasteiger partial charge in [0.2, 0.25) is 0 Å². The standard InChI is InChI=1S/C11H24N2O2/c1-10(2,11(3,4)13-6)7-8(12-5)9(14)15/h8,12-13H,7H2,1-6H3,(H,14,15). The molecule has 0 bridgehead atoms. The molecule has 1 unspecified atom stereocenters. The van der Waals surface area contributed by atoms with Gasteiger partial charge in [-0.15, -0.1) is 0 Å². The number of rotatable bonds is 6. The number of likely N-dealkylation sites (N-methyl/N-ethyl adjacent to an activating group) is 1. The van der Waals surface area contributed by atoms with Crippen molar-refractivity contribution >= 4 is 5.97 Å². The summed E-state index contributed by atoms with van der Waals surface area (Å²) in [4.78, 5) is 10.9. The van der Waals surface area contributed by atoms with Crippen molar-refractivity contribution in [1.82, 2.24) is 10.6 Å². The van der Waals surface area contributed by atoms with E-state index in [4.69, 9.17) is 5.11 Å². The van der Waals surface area contributed by atoms with E-state index in [9.17, 15) is 4.79 Å². The maximum absolute atomic E-state index is 10.9. The van der Waals surface area contributed by atoms with E-state index >= 15 is 0 Å². The smallest absolute Gasteiger partial charge is 0.320 e. The van der Waals surface area contributed by atoms with Gasteiger partial charge in [-0.05, 0) is 39.8 Å². The van der Waals surface area contributed by atoms with Crippen molar-refractivity contribution in [2.45, 2.75) is 45.7 Å². The van der Waals surface area contributed by atoms with Gasteiger partial charge in [-0.3, -0.25) is 4.79 Å². The quantitative estimate of drug-likeness (QED) is 0.621. The third-order valence-corrected chi connectivity index (χ3v) is 3.68. The van der Waals surface area contributed by atoms with Gasteiger partial charge in [0.05, 0.1) is 0 Å². The molecule has 15 heavy (non-hydrogen) atoms. The Morgan fingerprint density at radius 3 is 2.00 bits per heavy atom. The van der Waals surface area contributed by atoms with E-state index in [0.717, 1.165) is 0 Å². The number of nitrogens with one attached hydrogen (secondary N) is 2. The van der Waals surface area contributed by atoms with E-state index in [1.165, 1.54) is 0 Å². The Morgan fingerprint density at radius 1 is 1.27 bits per heavy atom. The van der Waals surface area contributed by atoms with Gasteiger partial charge in [0.25, 0.3) is 0 Å². The Labute approximate surface area is 92.4 Å². The van der Waals surface area contributed by atoms with Gasteiger partial charge in [0.15, 0.2) is 0 Å². The summed E-state index contributed by atoms with van der Waals surface area (Å²) in [6.07, 6.45) is 0.590. The van der Waals surface area contributed by atoms with Crippen LogP contribution in [-0.4, -0.2) is 36.8 Å². The van der Waals surface area contributed by atoms with Crippen molar-refractivity contribution in [2.24, 2.45) is 5.41 Å². The predicted molar refractivity (Wildman–Crippen MR) is 62.0 cm³/mol. The number of carbonyl (C=O) groups is 1. The number of carboxylic acid groups (broad SMARTS) is 1. The molecule has 0 aromatic carbocycles. The van der Waals surface area contributed by atoms with Crippen LogP contribution >= 0.6 is 0 Å². The SMILES string of the molecule is CNC(CC(C)(C)C(C)(C)NC)C(=O)O. The summed E-state index contributed by atoms with van der Waals surface area (Å²) in [5.74, 6) is -0.794. The Balaban J connectivity index is 4.68. The van der Waals surface area contributed by atoms with E-state index in [1.54, 1.807) is 7.05 Å². The van der Waals surface area contributed by atoms with Gasteiger partial charge in [-0.1, -0.05) is 13.8 Å². The van der Waals surface area contributed by atoms with Crippen molar-refractivity contribution in [3.05, 3.63) is 0 Å². The fourth-order valence-electron chi connectivity index (χ4n) is 1.42. The maximum Gasteiger partial charge on any atom is 0.320 e. The summed E-state index contributed by atoms with van der Waals surface area (Å²) in [6, 6.07) is -0.493. The first-order chi connectivity index (χ1) is 6.68. The highest BCUT2D eigenvalue weighted by molar-refractivity contribution is 5.73. The van der Waals surface area contributed by atoms with Crippen LogP contribution in [0.25, 0.3) is 0 Å². The molecule has 0 saturated carbocycles. The zero-order valence-corrected chi connectivity index (χ0v) is 10.6. The minimum absolute atomic E-state index is 0.0997. The van der Waals surface area contributed by atoms with E-state index in [1.807, 2.05) is 7.05 Å². The molecule has 0 heterocycles. The molecule has 0 fully saturated rings. The predicted octanol–water partition coefficient (Wildman–Crippen LogP) is 1.07. The molecule has 0 rings (SSSR count). The minimum Gasteiger partial charge on any atom is -0.480 e. The summed E-state index contributed by atoms with van der Waals surface area (Å²) in [5.41, 5.74) is -0.203. The normalized spacial score (nSPS) is 15.1. The lowest BCUT2D eigenvalue weighted by Gasteiger charge is -2.43. The summed E-state index contributed by atoms with van der Waals surface area (Å²) >= 11 is 0. The van der Waals surface area contributed by atoms with E-state index < -0.39 is 12.0 Å². The lowest BCUT2D eigenvalue weighted by atomic mass is 9.70. The van der Waals surface area contributed by atoms with E-state index in [-0.39, 0.29) is 11.0 Å². The van der Waals surface area contributed by atoms with Gasteiger partial charge in [0.1, 0.15) is 6.04 Å². The first kappa shape index (κ1) is 14.4. The van der Waals surface area contributed by atoms with Crippen LogP contribution in [0.3, 0.4) is 0 Å². The number of carboxylic acids is 1. The zero-order valence-electron chi connectivity index (χ0n) is 10.6. The van der Waals surface area contributed by atoms with Crippen molar-refractivity contribution in [3.63, 3.8) is 0 Å². The second-order valence-electron chi connectivity index (χ2n) is 5.14. The van der Waals surface area contributed by atoms with Crippen LogP contribution in [-0.2, 0) is 4.79 Å². The molecule has 0 radical (unpaired) electrons. The van der Waals surface area contributed by atoms with E-state index in [2.05, 4.69) is 38.3 Å². The molecule has 0 aliphatic heterocycles. The Morgan fingerprint density at radius 2 is 1.73 bits per heavy atom. The molecule has 0 saturated heterocycles. The Kier molecular flexibility index (Phi) is 4.74. The van der Waals surface area contributed by atoms with Crippen LogP contribution in [0.4, 0.5) is 0 Å². The highest BCUT2D eigenvalue weighted by Crippen LogP contribution is 2.34. The first-order valence-electron chi connectivity index (χ1n) is 5.27. The molecule has 4 heteroatoms. The summed E-state index contributed by atoms with van der Waals surface area (Å²) in [5, 5.41) is 15.0. The summed E-state index contributed by atoms with van der Waals surface area (Å²) < 4.78 is 0. The molecule has 0 aliphatic rings. The summed E-state index contributed by atoms with van der Waals surface area (Å²) in [6.45, 7) is 8.33. The molecule has 0 spiro atoms. The van der Waals surface area contributed by atoms with Crippen LogP contribution in [0.5, 0.6) is 0 Å². The third kappa shape index (κ3) is 3.47. The topological polar surface area (TPSA) is 61.4 Å². The molecule has 3 N–H and O–H groups in total. The molecular weight excluding hydrogens is 192 g/mol. The second kappa shape index (κ2) is 4.94. The Hall–Kier alpha value is -0.610. The zero-order chi connectivity index (χ0) is 12.3. The molecular formula is C11H24N2O2. The minimum atomic E-state index is -0.794. The third-order valence-electron chi connectivity index (χ3n) is 3.68. The van der Waals surface area contributed by atoms with Crippen molar-refractivity contribution in [2.75, 3.05) is 14.1 Å². The molecule has 90 valence electrons. The maximum atomic E-state index is 10.9. The molecule has 0 aromatic heterocycles. The van der Waals surface area contributed by atoms with Crippen LogP contribution in [0.1, 0.15) is 34.1 Å². The average molecular weight is 216 g/mol. The van der Waals surface area contributed by atoms with Gasteiger partial charge in [-0.25, -0.2) is 0 Å². The van der Waals surface area contributed by atoms with Gasteiger partial charge < -0.3 is 15.7 Å². The van der Waals surface area contributed by atoms with Crippen LogP contribution < -0.4 is 10.6 Å². The van der Waals surface area contributed by atoms with Crippen molar-refractivity contribution in [1.29, 1.82) is 0 Å². The molecule has 0 aromatic rings. The average Bonchev–Trinajstić information content (AvgIpc) is 2.13. The van der Waals surface area contributed by atoms with Gasteiger partial charge in [-0.2, -0.15) is 0 Å². The largest absolute Gasteiger partial charge is 0.480 e. The number of hydrogen-bond donors (Lipinski definition) is 3. The highest BCUT2D eigenvalue weighted by Gasteiger charge is 2.38. The molecule has 4 nitrogen and oxygen atoms in total. The van der Waals surface area contributed by atoms with Crippen LogP contribution in [0.15, 0.2) is 0 Å². The lowest BCUT2D eigenvalue weighted by Crippen LogP contribution is -2.53. The Bertz CT molecular complexity index is 225. The molecule has 0 amide bonds. The summed E-state index contributed by atoms with van der Waals surface area (Å²) in [7, 11) is 3.58. The van der Waals surface area contributed by atoms with Crippen molar-refractivity contribution in [3.8, 4) is 0 Å². The fraction of sp³-hybridized carbons (Fsp3) is 0.909. The molecule has 0 aliphatic carbocycles. The highest BCUT2D eigenvalue weighted by atomic mass is 16.4. The first-order valence-corrected chi connectivity index (χ1v) is 5.27. The lowest BCUT2D eigenvalue weighted by molar-refractivity contribution is -0.140. The van der Waals surface area contributed by atoms with Crippen LogP contribution in [0.2, 0.25) is 0 Å². The monoisotopic (exact) mass is 216 g/mol. The van der Waals surface area contributed by atoms with Gasteiger partial charge >= 0.3 is 5.97 Å². The fourth-order valence-corrected chi connectivity index (χ4v) is 1.42. The van der Waals surface area contributed by atoms with Crippen LogP contribution in [0, 0.1) is 5.41 Å². The number of aliphatic carboxylic acids is 1. The molecule has 1 atom stereocenters. The van der Waals surface area contributed by atoms with Gasteiger partial charge in [0, 0.05) is 5.54 Å². The van der Waals surface area contributed by atoms with E-state index in [0.29, 0.717) is 6.42 Å².